The Morgan fingerprint density at radius 1 is 1.35 bits per heavy atom. The van der Waals surface area contributed by atoms with E-state index in [1.165, 1.54) is 30.5 Å². The van der Waals surface area contributed by atoms with E-state index in [-0.39, 0.29) is 17.1 Å². The van der Waals surface area contributed by atoms with Crippen LogP contribution >= 0.6 is 11.6 Å². The number of rotatable bonds is 2. The van der Waals surface area contributed by atoms with Gasteiger partial charge in [0, 0.05) is 16.8 Å². The molecule has 0 saturated heterocycles. The van der Waals surface area contributed by atoms with Gasteiger partial charge in [0.2, 0.25) is 5.82 Å². The number of hydrogen-bond acceptors (Lipinski definition) is 3. The Morgan fingerprint density at radius 3 is 2.82 bits per heavy atom. The number of carboxylic acids is 1. The van der Waals surface area contributed by atoms with Crippen LogP contribution in [0.1, 0.15) is 10.6 Å². The molecule has 1 aromatic carbocycles. The van der Waals surface area contributed by atoms with E-state index in [1.54, 1.807) is 0 Å². The van der Waals surface area contributed by atoms with Crippen molar-refractivity contribution in [1.82, 2.24) is 9.97 Å². The minimum absolute atomic E-state index is 0.141. The van der Waals surface area contributed by atoms with E-state index in [0.29, 0.717) is 5.02 Å². The van der Waals surface area contributed by atoms with Gasteiger partial charge in [-0.15, -0.1) is 0 Å². The Kier molecular flexibility index (Phi) is 3.01. The fourth-order valence-electron chi connectivity index (χ4n) is 1.31. The third-order valence-electron chi connectivity index (χ3n) is 2.05. The molecule has 17 heavy (non-hydrogen) atoms. The third-order valence-corrected chi connectivity index (χ3v) is 2.29. The molecule has 0 aliphatic rings. The molecule has 0 aliphatic heterocycles. The summed E-state index contributed by atoms with van der Waals surface area (Å²) < 4.78 is 13.5. The largest absolute Gasteiger partial charge is 0.475 e. The summed E-state index contributed by atoms with van der Waals surface area (Å²) in [6, 6.07) is 5.39. The number of carboxylic acid groups (broad SMARTS) is 1. The molecule has 6 heteroatoms. The second kappa shape index (κ2) is 4.47. The van der Waals surface area contributed by atoms with Gasteiger partial charge in [-0.1, -0.05) is 11.6 Å². The van der Waals surface area contributed by atoms with Crippen molar-refractivity contribution in [2.24, 2.45) is 0 Å². The molecule has 0 unspecified atom stereocenters. The SMILES string of the molecule is O=C(O)c1nccc(-c2cc(Cl)ccc2F)n1. The summed E-state index contributed by atoms with van der Waals surface area (Å²) in [6.07, 6.45) is 1.26. The first-order valence-electron chi connectivity index (χ1n) is 4.59. The van der Waals surface area contributed by atoms with E-state index < -0.39 is 11.8 Å². The Hall–Kier alpha value is -2.01. The third kappa shape index (κ3) is 2.39. The summed E-state index contributed by atoms with van der Waals surface area (Å²) in [6.45, 7) is 0. The highest BCUT2D eigenvalue weighted by atomic mass is 35.5. The van der Waals surface area contributed by atoms with Crippen molar-refractivity contribution in [2.75, 3.05) is 0 Å². The van der Waals surface area contributed by atoms with Crippen LogP contribution in [0.15, 0.2) is 30.5 Å². The second-order valence-electron chi connectivity index (χ2n) is 3.19. The molecule has 0 bridgehead atoms. The van der Waals surface area contributed by atoms with Gasteiger partial charge in [0.15, 0.2) is 0 Å². The van der Waals surface area contributed by atoms with E-state index >= 15 is 0 Å². The van der Waals surface area contributed by atoms with Crippen LogP contribution in [-0.2, 0) is 0 Å². The van der Waals surface area contributed by atoms with E-state index in [0.717, 1.165) is 0 Å². The van der Waals surface area contributed by atoms with Gasteiger partial charge in [-0.25, -0.2) is 19.2 Å². The first-order chi connectivity index (χ1) is 8.08. The molecule has 0 fully saturated rings. The van der Waals surface area contributed by atoms with Gasteiger partial charge < -0.3 is 5.11 Å². The van der Waals surface area contributed by atoms with Crippen LogP contribution in [0.25, 0.3) is 11.3 Å². The Labute approximate surface area is 101 Å². The topological polar surface area (TPSA) is 63.1 Å². The lowest BCUT2D eigenvalue weighted by atomic mass is 10.1. The zero-order valence-corrected chi connectivity index (χ0v) is 9.15. The molecule has 1 heterocycles. The quantitative estimate of drug-likeness (QED) is 0.892. The summed E-state index contributed by atoms with van der Waals surface area (Å²) in [5.41, 5.74) is 0.319. The van der Waals surface area contributed by atoms with Crippen LogP contribution in [0, 0.1) is 5.82 Å². The average Bonchev–Trinajstić information content (AvgIpc) is 2.32. The van der Waals surface area contributed by atoms with Crippen molar-refractivity contribution in [1.29, 1.82) is 0 Å². The molecule has 0 radical (unpaired) electrons. The predicted molar refractivity (Wildman–Crippen MR) is 59.4 cm³/mol. The van der Waals surface area contributed by atoms with Gasteiger partial charge in [-0.05, 0) is 24.3 Å². The molecule has 4 nitrogen and oxygen atoms in total. The number of hydrogen-bond donors (Lipinski definition) is 1. The summed E-state index contributed by atoms with van der Waals surface area (Å²) in [5.74, 6) is -2.18. The monoisotopic (exact) mass is 252 g/mol. The highest BCUT2D eigenvalue weighted by molar-refractivity contribution is 6.30. The highest BCUT2D eigenvalue weighted by Gasteiger charge is 2.11. The van der Waals surface area contributed by atoms with Crippen LogP contribution in [-0.4, -0.2) is 21.0 Å². The van der Waals surface area contributed by atoms with Crippen molar-refractivity contribution in [3.8, 4) is 11.3 Å². The first-order valence-corrected chi connectivity index (χ1v) is 4.97. The molecule has 86 valence electrons. The number of aromatic carboxylic acids is 1. The molecule has 1 N–H and O–H groups in total. The molecule has 0 amide bonds. The Balaban J connectivity index is 2.56. The zero-order chi connectivity index (χ0) is 12.4. The van der Waals surface area contributed by atoms with Crippen molar-refractivity contribution in [3.63, 3.8) is 0 Å². The number of carbonyl (C=O) groups is 1. The number of nitrogens with zero attached hydrogens (tertiary/aromatic N) is 2. The summed E-state index contributed by atoms with van der Waals surface area (Å²) >= 11 is 5.74. The molecular formula is C11H6ClFN2O2. The van der Waals surface area contributed by atoms with E-state index in [1.807, 2.05) is 0 Å². The van der Waals surface area contributed by atoms with Crippen molar-refractivity contribution >= 4 is 17.6 Å². The Morgan fingerprint density at radius 2 is 2.12 bits per heavy atom. The van der Waals surface area contributed by atoms with Gasteiger partial charge in [-0.2, -0.15) is 0 Å². The number of halogens is 2. The number of benzene rings is 1. The van der Waals surface area contributed by atoms with Crippen LogP contribution in [0.4, 0.5) is 4.39 Å². The highest BCUT2D eigenvalue weighted by Crippen LogP contribution is 2.24. The van der Waals surface area contributed by atoms with Crippen LogP contribution in [0.2, 0.25) is 5.02 Å². The van der Waals surface area contributed by atoms with Gasteiger partial charge in [-0.3, -0.25) is 0 Å². The molecule has 0 spiro atoms. The van der Waals surface area contributed by atoms with Crippen LogP contribution in [0.5, 0.6) is 0 Å². The van der Waals surface area contributed by atoms with Crippen molar-refractivity contribution in [2.45, 2.75) is 0 Å². The number of aromatic nitrogens is 2. The van der Waals surface area contributed by atoms with E-state index in [9.17, 15) is 9.18 Å². The zero-order valence-electron chi connectivity index (χ0n) is 8.39. The molecule has 0 atom stereocenters. The van der Waals surface area contributed by atoms with E-state index in [2.05, 4.69) is 9.97 Å². The van der Waals surface area contributed by atoms with E-state index in [4.69, 9.17) is 16.7 Å². The van der Waals surface area contributed by atoms with Gasteiger partial charge in [0.1, 0.15) is 5.82 Å². The fourth-order valence-corrected chi connectivity index (χ4v) is 1.48. The normalized spacial score (nSPS) is 10.2. The minimum Gasteiger partial charge on any atom is -0.475 e. The lowest BCUT2D eigenvalue weighted by Gasteiger charge is -2.03. The van der Waals surface area contributed by atoms with Gasteiger partial charge >= 0.3 is 5.97 Å². The van der Waals surface area contributed by atoms with Crippen LogP contribution < -0.4 is 0 Å². The maximum Gasteiger partial charge on any atom is 0.373 e. The summed E-state index contributed by atoms with van der Waals surface area (Å²) in [5, 5.41) is 9.08. The van der Waals surface area contributed by atoms with Gasteiger partial charge in [0.05, 0.1) is 5.69 Å². The summed E-state index contributed by atoms with van der Waals surface area (Å²) in [7, 11) is 0. The molecule has 2 aromatic rings. The molecule has 0 aliphatic carbocycles. The first kappa shape index (κ1) is 11.5. The van der Waals surface area contributed by atoms with Crippen LogP contribution in [0.3, 0.4) is 0 Å². The lowest BCUT2D eigenvalue weighted by Crippen LogP contribution is -2.04. The standard InChI is InChI=1S/C11H6ClFN2O2/c12-6-1-2-8(13)7(5-6)9-3-4-14-10(15-9)11(16)17/h1-5H,(H,16,17). The average molecular weight is 253 g/mol. The fraction of sp³-hybridized carbons (Fsp3) is 0. The van der Waals surface area contributed by atoms with Crippen molar-refractivity contribution < 1.29 is 14.3 Å². The Bertz CT molecular complexity index is 589. The molecule has 0 saturated carbocycles. The lowest BCUT2D eigenvalue weighted by molar-refractivity contribution is 0.0683. The molecule has 2 rings (SSSR count). The smallest absolute Gasteiger partial charge is 0.373 e. The maximum atomic E-state index is 13.5. The van der Waals surface area contributed by atoms with Gasteiger partial charge in [0.25, 0.3) is 0 Å². The molecular weight excluding hydrogens is 247 g/mol. The maximum absolute atomic E-state index is 13.5. The second-order valence-corrected chi connectivity index (χ2v) is 3.63. The summed E-state index contributed by atoms with van der Waals surface area (Å²) in [4.78, 5) is 18.0. The minimum atomic E-state index is -1.27. The van der Waals surface area contributed by atoms with Crippen molar-refractivity contribution in [3.05, 3.63) is 47.1 Å². The predicted octanol–water partition coefficient (Wildman–Crippen LogP) is 2.63. The molecule has 1 aromatic heterocycles.